The molecule has 2 aromatic rings. The Balaban J connectivity index is 1.61. The number of carbonyl (C=O) groups is 1. The average Bonchev–Trinajstić information content (AvgIpc) is 2.87. The fourth-order valence-corrected chi connectivity index (χ4v) is 2.21. The van der Waals surface area contributed by atoms with Gasteiger partial charge in [-0.3, -0.25) is 9.69 Å². The quantitative estimate of drug-likeness (QED) is 0.849. The topological polar surface area (TPSA) is 70.4 Å². The lowest BCUT2D eigenvalue weighted by atomic mass is 10.3. The molecule has 1 aliphatic rings. The number of rotatable bonds is 3. The van der Waals surface area contributed by atoms with Crippen molar-refractivity contribution < 1.29 is 9.21 Å². The molecule has 6 nitrogen and oxygen atoms in total. The van der Waals surface area contributed by atoms with Gasteiger partial charge in [0.15, 0.2) is 12.0 Å². The predicted molar refractivity (Wildman–Crippen MR) is 71.9 cm³/mol. The number of oxazole rings is 1. The van der Waals surface area contributed by atoms with Gasteiger partial charge < -0.3 is 15.1 Å². The molecule has 1 amide bonds. The molecule has 0 radical (unpaired) electrons. The average molecular weight is 260 g/mol. The molecule has 0 atom stereocenters. The van der Waals surface area contributed by atoms with Gasteiger partial charge in [0, 0.05) is 37.9 Å². The first-order valence-corrected chi connectivity index (χ1v) is 6.37. The van der Waals surface area contributed by atoms with Crippen LogP contribution >= 0.6 is 0 Å². The van der Waals surface area contributed by atoms with Crippen LogP contribution in [0.1, 0.15) is 0 Å². The van der Waals surface area contributed by atoms with Crippen LogP contribution in [-0.4, -0.2) is 48.5 Å². The van der Waals surface area contributed by atoms with Gasteiger partial charge in [0.05, 0.1) is 6.54 Å². The molecular formula is C13H16N4O2. The number of hydrogen-bond acceptors (Lipinski definition) is 5. The van der Waals surface area contributed by atoms with Gasteiger partial charge >= 0.3 is 0 Å². The molecule has 19 heavy (non-hydrogen) atoms. The molecular weight excluding hydrogens is 244 g/mol. The number of aromatic nitrogens is 1. The molecule has 100 valence electrons. The van der Waals surface area contributed by atoms with E-state index in [1.54, 1.807) is 6.07 Å². The monoisotopic (exact) mass is 260 g/mol. The minimum Gasteiger partial charge on any atom is -0.443 e. The fourth-order valence-electron chi connectivity index (χ4n) is 2.21. The van der Waals surface area contributed by atoms with Gasteiger partial charge in [-0.15, -0.1) is 0 Å². The maximum atomic E-state index is 11.9. The molecule has 0 spiro atoms. The Labute approximate surface area is 110 Å². The second-order valence-corrected chi connectivity index (χ2v) is 4.61. The van der Waals surface area contributed by atoms with Crippen molar-refractivity contribution in [2.24, 2.45) is 0 Å². The normalized spacial score (nSPS) is 16.6. The van der Waals surface area contributed by atoms with Crippen molar-refractivity contribution >= 4 is 22.7 Å². The Bertz CT molecular complexity index is 575. The Morgan fingerprint density at radius 1 is 1.42 bits per heavy atom. The third-order valence-electron chi connectivity index (χ3n) is 3.19. The summed E-state index contributed by atoms with van der Waals surface area (Å²) in [5, 5.41) is 6.14. The van der Waals surface area contributed by atoms with E-state index in [9.17, 15) is 4.79 Å². The van der Waals surface area contributed by atoms with E-state index in [0.717, 1.165) is 37.4 Å². The third kappa shape index (κ3) is 2.91. The second kappa shape index (κ2) is 5.38. The molecule has 1 aliphatic heterocycles. The van der Waals surface area contributed by atoms with Crippen molar-refractivity contribution in [1.82, 2.24) is 15.2 Å². The van der Waals surface area contributed by atoms with Gasteiger partial charge in [0.25, 0.3) is 0 Å². The van der Waals surface area contributed by atoms with Crippen molar-refractivity contribution in [3.05, 3.63) is 24.6 Å². The predicted octanol–water partition coefficient (Wildman–Crippen LogP) is 0.671. The minimum atomic E-state index is 0.000709. The number of amides is 1. The zero-order valence-corrected chi connectivity index (χ0v) is 10.6. The highest BCUT2D eigenvalue weighted by Gasteiger charge is 2.13. The van der Waals surface area contributed by atoms with Gasteiger partial charge in [0.1, 0.15) is 5.52 Å². The van der Waals surface area contributed by atoms with Crippen LogP contribution in [0.2, 0.25) is 0 Å². The number of benzene rings is 1. The van der Waals surface area contributed by atoms with E-state index in [1.165, 1.54) is 6.39 Å². The van der Waals surface area contributed by atoms with Gasteiger partial charge in [0.2, 0.25) is 5.91 Å². The lowest BCUT2D eigenvalue weighted by Gasteiger charge is -2.26. The Hall–Kier alpha value is -1.92. The van der Waals surface area contributed by atoms with Gasteiger partial charge in [-0.05, 0) is 12.1 Å². The van der Waals surface area contributed by atoms with Crippen LogP contribution in [0.5, 0.6) is 0 Å². The number of anilines is 1. The van der Waals surface area contributed by atoms with E-state index in [1.807, 2.05) is 12.1 Å². The number of fused-ring (bicyclic) bond motifs is 1. The van der Waals surface area contributed by atoms with Crippen LogP contribution in [0, 0.1) is 0 Å². The molecule has 2 heterocycles. The van der Waals surface area contributed by atoms with Crippen LogP contribution in [0.15, 0.2) is 29.0 Å². The number of nitrogens with zero attached hydrogens (tertiary/aromatic N) is 2. The summed E-state index contributed by atoms with van der Waals surface area (Å²) in [5.41, 5.74) is 2.21. The summed E-state index contributed by atoms with van der Waals surface area (Å²) in [6.07, 6.45) is 1.40. The van der Waals surface area contributed by atoms with Crippen molar-refractivity contribution in [2.75, 3.05) is 38.0 Å². The first-order valence-electron chi connectivity index (χ1n) is 6.37. The first-order chi connectivity index (χ1) is 9.31. The molecule has 0 unspecified atom stereocenters. The first kappa shape index (κ1) is 12.1. The maximum Gasteiger partial charge on any atom is 0.238 e. The van der Waals surface area contributed by atoms with Gasteiger partial charge in [-0.1, -0.05) is 0 Å². The lowest BCUT2D eigenvalue weighted by Crippen LogP contribution is -2.46. The van der Waals surface area contributed by atoms with E-state index >= 15 is 0 Å². The highest BCUT2D eigenvalue weighted by atomic mass is 16.3. The highest BCUT2D eigenvalue weighted by molar-refractivity contribution is 5.93. The van der Waals surface area contributed by atoms with Crippen molar-refractivity contribution in [3.63, 3.8) is 0 Å². The molecule has 3 rings (SSSR count). The molecule has 0 saturated carbocycles. The number of hydrogen-bond donors (Lipinski definition) is 2. The molecule has 1 saturated heterocycles. The number of carbonyl (C=O) groups excluding carboxylic acids is 1. The zero-order valence-electron chi connectivity index (χ0n) is 10.6. The Kier molecular flexibility index (Phi) is 3.43. The standard InChI is InChI=1S/C13H16N4O2/c18-13(8-17-5-3-14-4-6-17)16-10-1-2-11-12(7-10)19-9-15-11/h1-2,7,9,14H,3-6,8H2,(H,16,18). The van der Waals surface area contributed by atoms with E-state index in [-0.39, 0.29) is 5.91 Å². The smallest absolute Gasteiger partial charge is 0.238 e. The largest absolute Gasteiger partial charge is 0.443 e. The Morgan fingerprint density at radius 2 is 2.26 bits per heavy atom. The van der Waals surface area contributed by atoms with Crippen LogP contribution in [-0.2, 0) is 4.79 Å². The number of piperazine rings is 1. The van der Waals surface area contributed by atoms with Gasteiger partial charge in [-0.25, -0.2) is 4.98 Å². The summed E-state index contributed by atoms with van der Waals surface area (Å²) < 4.78 is 5.21. The van der Waals surface area contributed by atoms with Crippen molar-refractivity contribution in [3.8, 4) is 0 Å². The zero-order chi connectivity index (χ0) is 13.1. The van der Waals surface area contributed by atoms with Crippen molar-refractivity contribution in [2.45, 2.75) is 0 Å². The lowest BCUT2D eigenvalue weighted by molar-refractivity contribution is -0.117. The molecule has 6 heteroatoms. The Morgan fingerprint density at radius 3 is 3.11 bits per heavy atom. The molecule has 0 aliphatic carbocycles. The molecule has 1 aromatic heterocycles. The number of nitrogens with one attached hydrogen (secondary N) is 2. The van der Waals surface area contributed by atoms with Crippen LogP contribution in [0.25, 0.3) is 11.1 Å². The summed E-state index contributed by atoms with van der Waals surface area (Å²) in [6, 6.07) is 5.46. The highest BCUT2D eigenvalue weighted by Crippen LogP contribution is 2.17. The molecule has 0 bridgehead atoms. The van der Waals surface area contributed by atoms with Gasteiger partial charge in [-0.2, -0.15) is 0 Å². The maximum absolute atomic E-state index is 11.9. The summed E-state index contributed by atoms with van der Waals surface area (Å²) in [7, 11) is 0. The van der Waals surface area contributed by atoms with E-state index in [4.69, 9.17) is 4.42 Å². The molecule has 2 N–H and O–H groups in total. The summed E-state index contributed by atoms with van der Waals surface area (Å²) in [6.45, 7) is 4.13. The fraction of sp³-hybridized carbons (Fsp3) is 0.385. The van der Waals surface area contributed by atoms with Crippen LogP contribution in [0.3, 0.4) is 0 Å². The van der Waals surface area contributed by atoms with E-state index in [0.29, 0.717) is 12.1 Å². The molecule has 1 fully saturated rings. The van der Waals surface area contributed by atoms with E-state index in [2.05, 4.69) is 20.5 Å². The summed E-state index contributed by atoms with van der Waals surface area (Å²) in [4.78, 5) is 18.1. The van der Waals surface area contributed by atoms with Crippen LogP contribution < -0.4 is 10.6 Å². The minimum absolute atomic E-state index is 0.000709. The third-order valence-corrected chi connectivity index (χ3v) is 3.19. The van der Waals surface area contributed by atoms with Crippen LogP contribution in [0.4, 0.5) is 5.69 Å². The van der Waals surface area contributed by atoms with Crippen molar-refractivity contribution in [1.29, 1.82) is 0 Å². The summed E-state index contributed by atoms with van der Waals surface area (Å²) >= 11 is 0. The van der Waals surface area contributed by atoms with E-state index < -0.39 is 0 Å². The second-order valence-electron chi connectivity index (χ2n) is 4.61. The summed E-state index contributed by atoms with van der Waals surface area (Å²) in [5.74, 6) is 0.000709. The SMILES string of the molecule is O=C(CN1CCNCC1)Nc1ccc2ncoc2c1. The molecule has 1 aromatic carbocycles.